The van der Waals surface area contributed by atoms with E-state index in [0.717, 1.165) is 13.1 Å². The number of hydrogen-bond donors (Lipinski definition) is 1. The number of hydrogen-bond acceptors (Lipinski definition) is 3. The molecule has 0 amide bonds. The van der Waals surface area contributed by atoms with Crippen LogP contribution in [-0.4, -0.2) is 29.5 Å². The number of nitrogens with one attached hydrogen (secondary N) is 1. The van der Waals surface area contributed by atoms with Crippen molar-refractivity contribution >= 4 is 0 Å². The Labute approximate surface area is 127 Å². The second-order valence-corrected chi connectivity index (χ2v) is 5.66. The molecule has 2 heterocycles. The third-order valence-electron chi connectivity index (χ3n) is 4.16. The normalized spacial score (nSPS) is 17.0. The molecule has 1 atom stereocenters. The number of nitrogens with zero attached hydrogens (tertiary/aromatic N) is 2. The van der Waals surface area contributed by atoms with Gasteiger partial charge in [-0.05, 0) is 43.1 Å². The van der Waals surface area contributed by atoms with Gasteiger partial charge in [-0.1, -0.05) is 36.4 Å². The molecule has 1 unspecified atom stereocenters. The van der Waals surface area contributed by atoms with Crippen molar-refractivity contribution in [3.05, 3.63) is 66.0 Å². The summed E-state index contributed by atoms with van der Waals surface area (Å²) in [4.78, 5) is 6.77. The quantitative estimate of drug-likeness (QED) is 0.882. The molecule has 1 aromatic heterocycles. The van der Waals surface area contributed by atoms with Crippen molar-refractivity contribution in [1.29, 1.82) is 0 Å². The third-order valence-corrected chi connectivity index (χ3v) is 4.16. The first-order chi connectivity index (χ1) is 10.4. The summed E-state index contributed by atoms with van der Waals surface area (Å²) in [6.07, 6.45) is 6.40. The Bertz CT molecular complexity index is 521. The number of aromatic nitrogens is 1. The zero-order valence-corrected chi connectivity index (χ0v) is 12.4. The predicted octanol–water partition coefficient (Wildman–Crippen LogP) is 3.01. The van der Waals surface area contributed by atoms with Crippen LogP contribution in [0.15, 0.2) is 54.9 Å². The van der Waals surface area contributed by atoms with Crippen LogP contribution < -0.4 is 5.32 Å². The fraction of sp³-hybridized carbons (Fsp3) is 0.389. The van der Waals surface area contributed by atoms with Crippen LogP contribution in [-0.2, 0) is 6.54 Å². The van der Waals surface area contributed by atoms with Crippen LogP contribution in [0, 0.1) is 0 Å². The molecule has 0 aliphatic carbocycles. The summed E-state index contributed by atoms with van der Waals surface area (Å²) in [6.45, 7) is 4.30. The summed E-state index contributed by atoms with van der Waals surface area (Å²) in [5.41, 5.74) is 2.66. The van der Waals surface area contributed by atoms with E-state index in [9.17, 15) is 0 Å². The highest BCUT2D eigenvalue weighted by Gasteiger charge is 2.22. The molecule has 3 rings (SSSR count). The van der Waals surface area contributed by atoms with Gasteiger partial charge in [-0.15, -0.1) is 0 Å². The van der Waals surface area contributed by atoms with Crippen LogP contribution >= 0.6 is 0 Å². The average Bonchev–Trinajstić information content (AvgIpc) is 3.07. The van der Waals surface area contributed by atoms with E-state index in [1.807, 2.05) is 18.5 Å². The molecular weight excluding hydrogens is 258 g/mol. The van der Waals surface area contributed by atoms with Crippen molar-refractivity contribution in [1.82, 2.24) is 15.2 Å². The van der Waals surface area contributed by atoms with Crippen LogP contribution in [0.5, 0.6) is 0 Å². The maximum atomic E-state index is 4.17. The lowest BCUT2D eigenvalue weighted by Gasteiger charge is -2.28. The molecule has 0 bridgehead atoms. The van der Waals surface area contributed by atoms with Gasteiger partial charge >= 0.3 is 0 Å². The first kappa shape index (κ1) is 14.2. The lowest BCUT2D eigenvalue weighted by molar-refractivity contribution is 0.238. The van der Waals surface area contributed by atoms with Crippen LogP contribution in [0.25, 0.3) is 0 Å². The highest BCUT2D eigenvalue weighted by molar-refractivity contribution is 5.20. The number of likely N-dealkylation sites (tertiary alicyclic amines) is 1. The standard InChI is InChI=1S/C18H23N3/c1-2-8-17(9-3-1)18(21-11-4-5-12-21)15-20-14-16-7-6-10-19-13-16/h1-3,6-10,13,18,20H,4-5,11-12,14-15H2. The van der Waals surface area contributed by atoms with E-state index in [1.165, 1.54) is 37.1 Å². The SMILES string of the molecule is c1ccc(C(CNCc2cccnc2)N2CCCC2)cc1. The second-order valence-electron chi connectivity index (χ2n) is 5.66. The van der Waals surface area contributed by atoms with Gasteiger partial charge in [-0.25, -0.2) is 0 Å². The maximum absolute atomic E-state index is 4.17. The van der Waals surface area contributed by atoms with Crippen LogP contribution in [0.3, 0.4) is 0 Å². The van der Waals surface area contributed by atoms with Gasteiger partial charge in [0.05, 0.1) is 0 Å². The Kier molecular flexibility index (Phi) is 4.98. The van der Waals surface area contributed by atoms with Crippen LogP contribution in [0.2, 0.25) is 0 Å². The highest BCUT2D eigenvalue weighted by atomic mass is 15.2. The molecule has 3 nitrogen and oxygen atoms in total. The zero-order chi connectivity index (χ0) is 14.3. The van der Waals surface area contributed by atoms with Crippen molar-refractivity contribution in [3.63, 3.8) is 0 Å². The van der Waals surface area contributed by atoms with Crippen molar-refractivity contribution in [2.24, 2.45) is 0 Å². The van der Waals surface area contributed by atoms with Crippen LogP contribution in [0.4, 0.5) is 0 Å². The smallest absolute Gasteiger partial charge is 0.0472 e. The Balaban J connectivity index is 1.62. The van der Waals surface area contributed by atoms with Crippen LogP contribution in [0.1, 0.15) is 30.0 Å². The first-order valence-corrected chi connectivity index (χ1v) is 7.82. The summed E-state index contributed by atoms with van der Waals surface area (Å²) in [5, 5.41) is 3.60. The minimum Gasteiger partial charge on any atom is -0.311 e. The summed E-state index contributed by atoms with van der Waals surface area (Å²) in [6, 6.07) is 15.4. The maximum Gasteiger partial charge on any atom is 0.0472 e. The monoisotopic (exact) mass is 281 g/mol. The molecule has 1 saturated heterocycles. The van der Waals surface area contributed by atoms with E-state index < -0.39 is 0 Å². The van der Waals surface area contributed by atoms with Gasteiger partial charge in [-0.2, -0.15) is 0 Å². The van der Waals surface area contributed by atoms with Gasteiger partial charge in [0.2, 0.25) is 0 Å². The van der Waals surface area contributed by atoms with Crippen molar-refractivity contribution in [2.45, 2.75) is 25.4 Å². The molecule has 1 aliphatic heterocycles. The number of benzene rings is 1. The number of rotatable bonds is 6. The van der Waals surface area contributed by atoms with E-state index in [2.05, 4.69) is 51.6 Å². The Morgan fingerprint density at radius 1 is 1.05 bits per heavy atom. The molecule has 2 aromatic rings. The zero-order valence-electron chi connectivity index (χ0n) is 12.4. The van der Waals surface area contributed by atoms with Crippen molar-refractivity contribution in [2.75, 3.05) is 19.6 Å². The van der Waals surface area contributed by atoms with E-state index in [4.69, 9.17) is 0 Å². The fourth-order valence-electron chi connectivity index (χ4n) is 3.04. The summed E-state index contributed by atoms with van der Waals surface area (Å²) in [5.74, 6) is 0. The van der Waals surface area contributed by atoms with Gasteiger partial charge in [0.25, 0.3) is 0 Å². The molecule has 0 radical (unpaired) electrons. The van der Waals surface area contributed by atoms with Gasteiger partial charge in [-0.3, -0.25) is 9.88 Å². The predicted molar refractivity (Wildman–Crippen MR) is 85.9 cm³/mol. The fourth-order valence-corrected chi connectivity index (χ4v) is 3.04. The molecule has 1 aromatic carbocycles. The molecular formula is C18H23N3. The Hall–Kier alpha value is -1.71. The largest absolute Gasteiger partial charge is 0.311 e. The molecule has 0 saturated carbocycles. The summed E-state index contributed by atoms with van der Waals surface area (Å²) < 4.78 is 0. The Morgan fingerprint density at radius 3 is 2.57 bits per heavy atom. The molecule has 1 fully saturated rings. The van der Waals surface area contributed by atoms with Gasteiger partial charge in [0.15, 0.2) is 0 Å². The molecule has 3 heteroatoms. The minimum absolute atomic E-state index is 0.477. The van der Waals surface area contributed by atoms with E-state index >= 15 is 0 Å². The molecule has 1 N–H and O–H groups in total. The third kappa shape index (κ3) is 3.90. The Morgan fingerprint density at radius 2 is 1.86 bits per heavy atom. The van der Waals surface area contributed by atoms with Crippen molar-refractivity contribution in [3.8, 4) is 0 Å². The van der Waals surface area contributed by atoms with E-state index in [1.54, 1.807) is 0 Å². The minimum atomic E-state index is 0.477. The van der Waals surface area contributed by atoms with Gasteiger partial charge < -0.3 is 5.32 Å². The molecule has 1 aliphatic rings. The molecule has 0 spiro atoms. The summed E-state index contributed by atoms with van der Waals surface area (Å²) in [7, 11) is 0. The average molecular weight is 281 g/mol. The lowest BCUT2D eigenvalue weighted by atomic mass is 10.1. The summed E-state index contributed by atoms with van der Waals surface area (Å²) >= 11 is 0. The lowest BCUT2D eigenvalue weighted by Crippen LogP contribution is -2.34. The first-order valence-electron chi connectivity index (χ1n) is 7.82. The van der Waals surface area contributed by atoms with E-state index in [0.29, 0.717) is 6.04 Å². The van der Waals surface area contributed by atoms with Crippen molar-refractivity contribution < 1.29 is 0 Å². The second kappa shape index (κ2) is 7.34. The number of pyridine rings is 1. The van der Waals surface area contributed by atoms with Gasteiger partial charge in [0.1, 0.15) is 0 Å². The van der Waals surface area contributed by atoms with E-state index in [-0.39, 0.29) is 0 Å². The topological polar surface area (TPSA) is 28.2 Å². The molecule has 21 heavy (non-hydrogen) atoms. The van der Waals surface area contributed by atoms with Gasteiger partial charge in [0, 0.05) is 31.5 Å². The molecule has 110 valence electrons. The highest BCUT2D eigenvalue weighted by Crippen LogP contribution is 2.24.